The van der Waals surface area contributed by atoms with Crippen LogP contribution >= 0.6 is 11.3 Å². The van der Waals surface area contributed by atoms with Gasteiger partial charge in [0.15, 0.2) is 0 Å². The molecule has 0 atom stereocenters. The number of thiazole rings is 1. The Morgan fingerprint density at radius 1 is 1.40 bits per heavy atom. The van der Waals surface area contributed by atoms with Gasteiger partial charge in [-0.1, -0.05) is 0 Å². The smallest absolute Gasteiger partial charge is 0.229 e. The standard InChI is InChI=1S/C12H14FN3O2S2/c1-8-12(19-7-15-8)6-14-9-3-4-10(13)11(5-9)16-20(2,17)18/h3-5,7,14,16H,6H2,1-2H3. The number of sulfonamides is 1. The van der Waals surface area contributed by atoms with E-state index in [1.165, 1.54) is 23.5 Å². The highest BCUT2D eigenvalue weighted by molar-refractivity contribution is 7.92. The molecule has 0 aliphatic heterocycles. The van der Waals surface area contributed by atoms with Gasteiger partial charge in [0.25, 0.3) is 0 Å². The average molecular weight is 315 g/mol. The molecule has 0 saturated heterocycles. The van der Waals surface area contributed by atoms with Crippen molar-refractivity contribution in [1.29, 1.82) is 0 Å². The van der Waals surface area contributed by atoms with E-state index >= 15 is 0 Å². The van der Waals surface area contributed by atoms with E-state index in [4.69, 9.17) is 0 Å². The fourth-order valence-corrected chi connectivity index (χ4v) is 2.86. The summed E-state index contributed by atoms with van der Waals surface area (Å²) in [5.41, 5.74) is 3.26. The van der Waals surface area contributed by atoms with Crippen LogP contribution in [0.15, 0.2) is 23.7 Å². The minimum atomic E-state index is -3.51. The van der Waals surface area contributed by atoms with Gasteiger partial charge in [-0.2, -0.15) is 0 Å². The fraction of sp³-hybridized carbons (Fsp3) is 0.250. The lowest BCUT2D eigenvalue weighted by molar-refractivity contribution is 0.604. The Bertz CT molecular complexity index is 713. The van der Waals surface area contributed by atoms with Crippen molar-refractivity contribution in [3.63, 3.8) is 0 Å². The Kier molecular flexibility index (Phi) is 4.24. The molecule has 0 saturated carbocycles. The van der Waals surface area contributed by atoms with Gasteiger partial charge in [0.2, 0.25) is 10.0 Å². The summed E-state index contributed by atoms with van der Waals surface area (Å²) in [5, 5.41) is 3.11. The first-order valence-corrected chi connectivity index (χ1v) is 8.52. The van der Waals surface area contributed by atoms with E-state index in [9.17, 15) is 12.8 Å². The molecule has 20 heavy (non-hydrogen) atoms. The molecule has 2 rings (SSSR count). The molecule has 0 aliphatic carbocycles. The highest BCUT2D eigenvalue weighted by atomic mass is 32.2. The third-order valence-corrected chi connectivity index (χ3v) is 4.09. The van der Waals surface area contributed by atoms with Gasteiger partial charge >= 0.3 is 0 Å². The van der Waals surface area contributed by atoms with Gasteiger partial charge in [-0.05, 0) is 25.1 Å². The number of halogens is 1. The molecule has 1 heterocycles. The molecule has 0 fully saturated rings. The Morgan fingerprint density at radius 3 is 2.75 bits per heavy atom. The predicted octanol–water partition coefficient (Wildman–Crippen LogP) is 2.57. The maximum Gasteiger partial charge on any atom is 0.229 e. The van der Waals surface area contributed by atoms with Crippen LogP contribution in [0.25, 0.3) is 0 Å². The van der Waals surface area contributed by atoms with Gasteiger partial charge in [-0.3, -0.25) is 4.72 Å². The van der Waals surface area contributed by atoms with E-state index in [0.717, 1.165) is 16.8 Å². The summed E-state index contributed by atoms with van der Waals surface area (Å²) in [5.74, 6) is -0.616. The first-order valence-electron chi connectivity index (χ1n) is 5.75. The number of hydrogen-bond acceptors (Lipinski definition) is 5. The molecule has 0 radical (unpaired) electrons. The summed E-state index contributed by atoms with van der Waals surface area (Å²) in [6.07, 6.45) is 0.979. The number of aromatic nitrogens is 1. The summed E-state index contributed by atoms with van der Waals surface area (Å²) in [6.45, 7) is 2.47. The largest absolute Gasteiger partial charge is 0.380 e. The zero-order chi connectivity index (χ0) is 14.8. The second-order valence-corrected chi connectivity index (χ2v) is 6.97. The SMILES string of the molecule is Cc1ncsc1CNc1ccc(F)c(NS(C)(=O)=O)c1. The molecule has 2 N–H and O–H groups in total. The Morgan fingerprint density at radius 2 is 2.15 bits per heavy atom. The van der Waals surface area contributed by atoms with Crippen molar-refractivity contribution in [2.75, 3.05) is 16.3 Å². The third kappa shape index (κ3) is 3.91. The molecule has 0 amide bonds. The maximum atomic E-state index is 13.5. The number of nitrogens with zero attached hydrogens (tertiary/aromatic N) is 1. The van der Waals surface area contributed by atoms with Crippen LogP contribution in [0.4, 0.5) is 15.8 Å². The second kappa shape index (κ2) is 5.76. The van der Waals surface area contributed by atoms with Crippen molar-refractivity contribution in [2.24, 2.45) is 0 Å². The van der Waals surface area contributed by atoms with Crippen molar-refractivity contribution in [3.8, 4) is 0 Å². The van der Waals surface area contributed by atoms with E-state index in [0.29, 0.717) is 12.2 Å². The fourth-order valence-electron chi connectivity index (χ4n) is 1.59. The van der Waals surface area contributed by atoms with Crippen LogP contribution in [-0.4, -0.2) is 19.7 Å². The van der Waals surface area contributed by atoms with Crippen LogP contribution in [0.1, 0.15) is 10.6 Å². The number of hydrogen-bond donors (Lipinski definition) is 2. The van der Waals surface area contributed by atoms with Crippen LogP contribution in [0, 0.1) is 12.7 Å². The maximum absolute atomic E-state index is 13.5. The normalized spacial score (nSPS) is 11.3. The average Bonchev–Trinajstić information content (AvgIpc) is 2.74. The molecule has 108 valence electrons. The summed E-state index contributed by atoms with van der Waals surface area (Å²) < 4.78 is 38.0. The number of benzene rings is 1. The molecule has 0 aliphatic rings. The zero-order valence-electron chi connectivity index (χ0n) is 11.0. The van der Waals surface area contributed by atoms with Crippen LogP contribution < -0.4 is 10.0 Å². The van der Waals surface area contributed by atoms with E-state index in [2.05, 4.69) is 15.0 Å². The van der Waals surface area contributed by atoms with E-state index < -0.39 is 15.8 Å². The molecule has 2 aromatic rings. The quantitative estimate of drug-likeness (QED) is 0.889. The lowest BCUT2D eigenvalue weighted by atomic mass is 10.2. The number of nitrogens with one attached hydrogen (secondary N) is 2. The van der Waals surface area contributed by atoms with Crippen molar-refractivity contribution >= 4 is 32.7 Å². The molecule has 1 aromatic heterocycles. The number of rotatable bonds is 5. The first kappa shape index (κ1) is 14.7. The van der Waals surface area contributed by atoms with Crippen LogP contribution in [0.2, 0.25) is 0 Å². The lowest BCUT2D eigenvalue weighted by Crippen LogP contribution is -2.11. The Hall–Kier alpha value is -1.67. The Balaban J connectivity index is 2.13. The topological polar surface area (TPSA) is 71.1 Å². The van der Waals surface area contributed by atoms with Gasteiger partial charge in [-0.25, -0.2) is 17.8 Å². The lowest BCUT2D eigenvalue weighted by Gasteiger charge is -2.10. The minimum Gasteiger partial charge on any atom is -0.380 e. The third-order valence-electron chi connectivity index (χ3n) is 2.56. The van der Waals surface area contributed by atoms with Crippen LogP contribution in [0.5, 0.6) is 0 Å². The molecule has 1 aromatic carbocycles. The van der Waals surface area contributed by atoms with E-state index in [-0.39, 0.29) is 5.69 Å². The van der Waals surface area contributed by atoms with Crippen LogP contribution in [0.3, 0.4) is 0 Å². The summed E-state index contributed by atoms with van der Waals surface area (Å²) in [4.78, 5) is 5.21. The molecule has 8 heteroatoms. The summed E-state index contributed by atoms with van der Waals surface area (Å²) in [7, 11) is -3.51. The molecule has 0 bridgehead atoms. The molecular weight excluding hydrogens is 301 g/mol. The van der Waals surface area contributed by atoms with E-state index in [1.54, 1.807) is 11.6 Å². The van der Waals surface area contributed by atoms with Crippen LogP contribution in [-0.2, 0) is 16.6 Å². The van der Waals surface area contributed by atoms with Gasteiger partial charge in [0, 0.05) is 10.6 Å². The van der Waals surface area contributed by atoms with Gasteiger partial charge < -0.3 is 5.32 Å². The summed E-state index contributed by atoms with van der Waals surface area (Å²) in [6, 6.07) is 4.20. The Labute approximate surface area is 120 Å². The first-order chi connectivity index (χ1) is 9.35. The van der Waals surface area contributed by atoms with Crippen molar-refractivity contribution in [1.82, 2.24) is 4.98 Å². The molecule has 5 nitrogen and oxygen atoms in total. The van der Waals surface area contributed by atoms with Crippen molar-refractivity contribution in [2.45, 2.75) is 13.5 Å². The summed E-state index contributed by atoms with van der Waals surface area (Å²) >= 11 is 1.53. The minimum absolute atomic E-state index is 0.0708. The highest BCUT2D eigenvalue weighted by Gasteiger charge is 2.09. The van der Waals surface area contributed by atoms with Gasteiger partial charge in [0.05, 0.1) is 29.7 Å². The van der Waals surface area contributed by atoms with Gasteiger partial charge in [-0.15, -0.1) is 11.3 Å². The highest BCUT2D eigenvalue weighted by Crippen LogP contribution is 2.22. The predicted molar refractivity (Wildman–Crippen MR) is 79.0 cm³/mol. The number of anilines is 2. The molecule has 0 spiro atoms. The van der Waals surface area contributed by atoms with Crippen molar-refractivity contribution in [3.05, 3.63) is 40.1 Å². The van der Waals surface area contributed by atoms with E-state index in [1.807, 2.05) is 6.92 Å². The zero-order valence-corrected chi connectivity index (χ0v) is 12.6. The van der Waals surface area contributed by atoms with Gasteiger partial charge in [0.1, 0.15) is 5.82 Å². The monoisotopic (exact) mass is 315 g/mol. The van der Waals surface area contributed by atoms with Crippen molar-refractivity contribution < 1.29 is 12.8 Å². The second-order valence-electron chi connectivity index (χ2n) is 4.28. The number of aryl methyl sites for hydroxylation is 1. The molecule has 0 unspecified atom stereocenters. The molecular formula is C12H14FN3O2S2.